The van der Waals surface area contributed by atoms with E-state index >= 15 is 0 Å². The molecule has 0 unspecified atom stereocenters. The number of hydrogen-bond donors (Lipinski definition) is 0. The molecule has 0 saturated carbocycles. The zero-order valence-electron chi connectivity index (χ0n) is 5.56. The van der Waals surface area contributed by atoms with Crippen molar-refractivity contribution >= 4 is 0 Å². The largest absolute Gasteiger partial charge is 0.462 e. The van der Waals surface area contributed by atoms with Crippen molar-refractivity contribution < 1.29 is 32.7 Å². The van der Waals surface area contributed by atoms with Crippen LogP contribution in [0.1, 0.15) is 12.8 Å². The molecule has 8 heavy (non-hydrogen) atoms. The van der Waals surface area contributed by atoms with Crippen molar-refractivity contribution in [2.24, 2.45) is 0 Å². The van der Waals surface area contributed by atoms with Crippen molar-refractivity contribution in [1.29, 1.82) is 0 Å². The number of rotatable bonds is 3. The van der Waals surface area contributed by atoms with Crippen molar-refractivity contribution in [3.8, 4) is 0 Å². The fourth-order valence-electron chi connectivity index (χ4n) is 0.382. The van der Waals surface area contributed by atoms with Gasteiger partial charge in [-0.3, -0.25) is 7.05 Å². The summed E-state index contributed by atoms with van der Waals surface area (Å²) in [5.41, 5.74) is 0. The molecule has 47 valence electrons. The van der Waals surface area contributed by atoms with E-state index in [1.54, 1.807) is 0 Å². The van der Waals surface area contributed by atoms with Crippen LogP contribution in [0.25, 0.3) is 0 Å². The molecule has 0 aliphatic rings. The Balaban J connectivity index is 0. The molecule has 0 amide bonds. The Labute approximate surface area is 77.7 Å². The molecule has 1 radical (unpaired) electrons. The Morgan fingerprint density at radius 2 is 2.00 bits per heavy atom. The van der Waals surface area contributed by atoms with E-state index in [1.165, 1.54) is 0 Å². The third-order valence-corrected chi connectivity index (χ3v) is 0.790. The first-order valence-electron chi connectivity index (χ1n) is 2.58. The third-order valence-electron chi connectivity index (χ3n) is 0.790. The molecule has 0 bridgehead atoms. The molecule has 0 N–H and O–H groups in total. The van der Waals surface area contributed by atoms with Gasteiger partial charge in [0.2, 0.25) is 0 Å². The second kappa shape index (κ2) is 8.06. The SMILES string of the molecule is [CH2-]CCCN([CH2-])C.[Y]. The summed E-state index contributed by atoms with van der Waals surface area (Å²) in [6, 6.07) is 0. The van der Waals surface area contributed by atoms with E-state index in [9.17, 15) is 0 Å². The summed E-state index contributed by atoms with van der Waals surface area (Å²) < 4.78 is 0. The predicted molar refractivity (Wildman–Crippen MR) is 32.6 cm³/mol. The molecule has 0 rings (SSSR count). The third kappa shape index (κ3) is 10.1. The van der Waals surface area contributed by atoms with Crippen molar-refractivity contribution in [2.45, 2.75) is 12.8 Å². The Morgan fingerprint density at radius 1 is 1.50 bits per heavy atom. The summed E-state index contributed by atoms with van der Waals surface area (Å²) in [6.07, 6.45) is 2.17. The molecule has 0 aliphatic carbocycles. The molecule has 0 aromatic heterocycles. The normalized spacial score (nSPS) is 9.00. The van der Waals surface area contributed by atoms with Crippen molar-refractivity contribution in [2.75, 3.05) is 13.6 Å². The Morgan fingerprint density at radius 3 is 2.12 bits per heavy atom. The second-order valence-corrected chi connectivity index (χ2v) is 1.79. The molecule has 0 atom stereocenters. The number of unbranched alkanes of at least 4 members (excludes halogenated alkanes) is 1. The second-order valence-electron chi connectivity index (χ2n) is 1.79. The molecule has 0 fully saturated rings. The Kier molecular flexibility index (Phi) is 11.9. The smallest absolute Gasteiger partial charge is 0 e. The maximum Gasteiger partial charge on any atom is 0 e. The average molecular weight is 188 g/mol. The van der Waals surface area contributed by atoms with E-state index in [4.69, 9.17) is 0 Å². The van der Waals surface area contributed by atoms with Gasteiger partial charge in [0.1, 0.15) is 0 Å². The van der Waals surface area contributed by atoms with Crippen molar-refractivity contribution in [3.63, 3.8) is 0 Å². The van der Waals surface area contributed by atoms with Gasteiger partial charge in [0, 0.05) is 32.7 Å². The van der Waals surface area contributed by atoms with Gasteiger partial charge in [-0.25, -0.2) is 0 Å². The minimum atomic E-state index is 0. The molecule has 0 heterocycles. The van der Waals surface area contributed by atoms with Gasteiger partial charge < -0.3 is 11.8 Å². The molecule has 1 nitrogen and oxygen atoms in total. The van der Waals surface area contributed by atoms with E-state index in [-0.39, 0.29) is 32.7 Å². The molecule has 0 aromatic rings. The summed E-state index contributed by atoms with van der Waals surface area (Å²) in [4.78, 5) is 1.92. The zero-order valence-corrected chi connectivity index (χ0v) is 8.40. The first-order valence-corrected chi connectivity index (χ1v) is 2.58. The van der Waals surface area contributed by atoms with E-state index < -0.39 is 0 Å². The topological polar surface area (TPSA) is 3.24 Å². The van der Waals surface area contributed by atoms with Crippen LogP contribution in [0.4, 0.5) is 0 Å². The molecule has 0 aliphatic heterocycles. The fourth-order valence-corrected chi connectivity index (χ4v) is 0.382. The Hall–Kier alpha value is 1.06. The zero-order chi connectivity index (χ0) is 5.70. The maximum absolute atomic E-state index is 3.70. The summed E-state index contributed by atoms with van der Waals surface area (Å²) in [5.74, 6) is 0. The van der Waals surface area contributed by atoms with E-state index in [0.717, 1.165) is 19.4 Å². The van der Waals surface area contributed by atoms with Crippen molar-refractivity contribution in [3.05, 3.63) is 14.0 Å². The summed E-state index contributed by atoms with van der Waals surface area (Å²) in [7, 11) is 5.65. The predicted octanol–water partition coefficient (Wildman–Crippen LogP) is 1.32. The van der Waals surface area contributed by atoms with E-state index in [2.05, 4.69) is 14.0 Å². The molecular weight excluding hydrogens is 175 g/mol. The minimum Gasteiger partial charge on any atom is -0.462 e. The van der Waals surface area contributed by atoms with E-state index in [0.29, 0.717) is 0 Å². The van der Waals surface area contributed by atoms with Crippen LogP contribution in [0, 0.1) is 14.0 Å². The molecule has 0 aromatic carbocycles. The van der Waals surface area contributed by atoms with Gasteiger partial charge in [-0.15, -0.1) is 0 Å². The van der Waals surface area contributed by atoms with Crippen LogP contribution in [-0.4, -0.2) is 18.5 Å². The van der Waals surface area contributed by atoms with Gasteiger partial charge in [0.25, 0.3) is 0 Å². The maximum atomic E-state index is 3.70. The molecule has 2 heteroatoms. The van der Waals surface area contributed by atoms with Crippen LogP contribution in [0.5, 0.6) is 0 Å². The minimum absolute atomic E-state index is 0. The summed E-state index contributed by atoms with van der Waals surface area (Å²) in [5, 5.41) is 0. The number of hydrogen-bond acceptors (Lipinski definition) is 1. The van der Waals surface area contributed by atoms with E-state index in [1.807, 2.05) is 11.9 Å². The average Bonchev–Trinajstić information content (AvgIpc) is 1.61. The summed E-state index contributed by atoms with van der Waals surface area (Å²) >= 11 is 0. The fraction of sp³-hybridized carbons (Fsp3) is 0.667. The van der Waals surface area contributed by atoms with Gasteiger partial charge in [0.15, 0.2) is 0 Å². The van der Waals surface area contributed by atoms with Gasteiger partial charge >= 0.3 is 0 Å². The van der Waals surface area contributed by atoms with Crippen LogP contribution in [0.15, 0.2) is 0 Å². The van der Waals surface area contributed by atoms with Gasteiger partial charge in [-0.2, -0.15) is 6.42 Å². The van der Waals surface area contributed by atoms with Crippen LogP contribution in [0.2, 0.25) is 0 Å². The number of nitrogens with zero attached hydrogens (tertiary/aromatic N) is 1. The van der Waals surface area contributed by atoms with Gasteiger partial charge in [-0.05, 0) is 13.6 Å². The van der Waals surface area contributed by atoms with Crippen molar-refractivity contribution in [1.82, 2.24) is 4.90 Å². The summed E-state index contributed by atoms with van der Waals surface area (Å²) in [6.45, 7) is 4.76. The quantitative estimate of drug-likeness (QED) is 0.604. The molecule has 0 saturated heterocycles. The first-order chi connectivity index (χ1) is 3.27. The van der Waals surface area contributed by atoms with Gasteiger partial charge in [0.05, 0.1) is 0 Å². The molecular formula is C6H13NY-2. The van der Waals surface area contributed by atoms with Crippen LogP contribution < -0.4 is 0 Å². The van der Waals surface area contributed by atoms with Crippen LogP contribution in [-0.2, 0) is 32.7 Å². The molecule has 0 spiro atoms. The monoisotopic (exact) mass is 188 g/mol. The van der Waals surface area contributed by atoms with Gasteiger partial charge in [-0.1, -0.05) is 6.42 Å². The first kappa shape index (κ1) is 11.8. The Bertz CT molecular complexity index is 37.5. The van der Waals surface area contributed by atoms with Crippen LogP contribution >= 0.6 is 0 Å². The van der Waals surface area contributed by atoms with Crippen LogP contribution in [0.3, 0.4) is 0 Å². The standard InChI is InChI=1S/C6H13N.Y/c1-4-5-6-7(2)3;/h1-2,4-6H2,3H3;/q-2;.